The molecule has 2 saturated carbocycles. The van der Waals surface area contributed by atoms with Crippen LogP contribution >= 0.6 is 0 Å². The Morgan fingerprint density at radius 1 is 1.44 bits per heavy atom. The second kappa shape index (κ2) is 4.21. The fourth-order valence-electron chi connectivity index (χ4n) is 3.62. The molecular weight excluding hydrogens is 198 g/mol. The number of hydrogen-bond acceptors (Lipinski definition) is 2. The number of aromatic nitrogens is 2. The molecular formula is C13H21N3. The molecule has 1 aromatic heterocycles. The SMILES string of the molecule is CNCc1ccn(CC2CC3CCC2C3)n1. The lowest BCUT2D eigenvalue weighted by Crippen LogP contribution is -2.18. The van der Waals surface area contributed by atoms with Crippen molar-refractivity contribution < 1.29 is 0 Å². The van der Waals surface area contributed by atoms with Crippen molar-refractivity contribution in [2.24, 2.45) is 17.8 Å². The summed E-state index contributed by atoms with van der Waals surface area (Å²) in [6, 6.07) is 2.13. The second-order valence-corrected chi connectivity index (χ2v) is 5.49. The molecule has 2 aliphatic rings. The molecule has 0 spiro atoms. The van der Waals surface area contributed by atoms with E-state index < -0.39 is 0 Å². The highest BCUT2D eigenvalue weighted by molar-refractivity contribution is 4.99. The van der Waals surface area contributed by atoms with E-state index in [1.807, 2.05) is 7.05 Å². The minimum Gasteiger partial charge on any atom is -0.314 e. The van der Waals surface area contributed by atoms with Gasteiger partial charge in [-0.15, -0.1) is 0 Å². The van der Waals surface area contributed by atoms with E-state index >= 15 is 0 Å². The van der Waals surface area contributed by atoms with Crippen LogP contribution in [0.25, 0.3) is 0 Å². The van der Waals surface area contributed by atoms with Gasteiger partial charge >= 0.3 is 0 Å². The van der Waals surface area contributed by atoms with Gasteiger partial charge in [0.05, 0.1) is 5.69 Å². The molecule has 1 aromatic rings. The van der Waals surface area contributed by atoms with Crippen molar-refractivity contribution in [3.63, 3.8) is 0 Å². The highest BCUT2D eigenvalue weighted by atomic mass is 15.3. The van der Waals surface area contributed by atoms with Gasteiger partial charge in [0.15, 0.2) is 0 Å². The van der Waals surface area contributed by atoms with Crippen LogP contribution in [0.3, 0.4) is 0 Å². The summed E-state index contributed by atoms with van der Waals surface area (Å²) in [7, 11) is 1.97. The maximum atomic E-state index is 4.60. The number of fused-ring (bicyclic) bond motifs is 2. The van der Waals surface area contributed by atoms with E-state index in [0.717, 1.165) is 36.5 Å². The van der Waals surface area contributed by atoms with Crippen LogP contribution in [0.5, 0.6) is 0 Å². The predicted molar refractivity (Wildman–Crippen MR) is 63.9 cm³/mol. The minimum atomic E-state index is 0.879. The van der Waals surface area contributed by atoms with Gasteiger partial charge in [-0.3, -0.25) is 4.68 Å². The molecule has 0 aliphatic heterocycles. The summed E-state index contributed by atoms with van der Waals surface area (Å²) in [5, 5.41) is 7.74. The predicted octanol–water partition coefficient (Wildman–Crippen LogP) is 2.04. The molecule has 88 valence electrons. The number of hydrogen-bond donors (Lipinski definition) is 1. The van der Waals surface area contributed by atoms with Gasteiger partial charge in [-0.05, 0) is 50.1 Å². The van der Waals surface area contributed by atoms with Crippen molar-refractivity contribution in [1.82, 2.24) is 15.1 Å². The maximum Gasteiger partial charge on any atom is 0.0762 e. The first-order valence-electron chi connectivity index (χ1n) is 6.52. The molecule has 0 amide bonds. The molecule has 1 heterocycles. The fourth-order valence-corrected chi connectivity index (χ4v) is 3.62. The molecule has 2 aliphatic carbocycles. The Balaban J connectivity index is 1.61. The molecule has 3 nitrogen and oxygen atoms in total. The van der Waals surface area contributed by atoms with Gasteiger partial charge in [-0.1, -0.05) is 6.42 Å². The molecule has 3 rings (SSSR count). The van der Waals surface area contributed by atoms with Gasteiger partial charge < -0.3 is 5.32 Å². The summed E-state index contributed by atoms with van der Waals surface area (Å²) in [5.74, 6) is 2.95. The molecule has 2 fully saturated rings. The normalized spacial score (nSPS) is 32.4. The fraction of sp³-hybridized carbons (Fsp3) is 0.769. The van der Waals surface area contributed by atoms with Crippen LogP contribution in [0.1, 0.15) is 31.4 Å². The van der Waals surface area contributed by atoms with Crippen molar-refractivity contribution in [1.29, 1.82) is 0 Å². The largest absolute Gasteiger partial charge is 0.314 e. The molecule has 1 N–H and O–H groups in total. The zero-order valence-corrected chi connectivity index (χ0v) is 10.0. The highest BCUT2D eigenvalue weighted by Gasteiger charge is 2.39. The lowest BCUT2D eigenvalue weighted by molar-refractivity contribution is 0.285. The maximum absolute atomic E-state index is 4.60. The van der Waals surface area contributed by atoms with Crippen LogP contribution in [0.2, 0.25) is 0 Å². The smallest absolute Gasteiger partial charge is 0.0762 e. The summed E-state index contributed by atoms with van der Waals surface area (Å²) < 4.78 is 2.15. The van der Waals surface area contributed by atoms with Gasteiger partial charge in [0, 0.05) is 19.3 Å². The summed E-state index contributed by atoms with van der Waals surface area (Å²) in [4.78, 5) is 0. The molecule has 16 heavy (non-hydrogen) atoms. The minimum absolute atomic E-state index is 0.879. The molecule has 2 bridgehead atoms. The Hall–Kier alpha value is -0.830. The number of nitrogens with one attached hydrogen (secondary N) is 1. The summed E-state index contributed by atoms with van der Waals surface area (Å²) >= 11 is 0. The van der Waals surface area contributed by atoms with Crippen LogP contribution in [0.15, 0.2) is 12.3 Å². The molecule has 0 radical (unpaired) electrons. The van der Waals surface area contributed by atoms with E-state index in [-0.39, 0.29) is 0 Å². The number of rotatable bonds is 4. The van der Waals surface area contributed by atoms with E-state index in [4.69, 9.17) is 0 Å². The van der Waals surface area contributed by atoms with E-state index in [1.54, 1.807) is 0 Å². The average molecular weight is 219 g/mol. The van der Waals surface area contributed by atoms with Crippen LogP contribution in [0, 0.1) is 17.8 Å². The van der Waals surface area contributed by atoms with Gasteiger partial charge in [-0.2, -0.15) is 5.10 Å². The monoisotopic (exact) mass is 219 g/mol. The molecule has 3 unspecified atom stereocenters. The third-order valence-corrected chi connectivity index (χ3v) is 4.36. The zero-order chi connectivity index (χ0) is 11.0. The van der Waals surface area contributed by atoms with Crippen molar-refractivity contribution in [2.45, 2.75) is 38.8 Å². The van der Waals surface area contributed by atoms with Gasteiger partial charge in [-0.25, -0.2) is 0 Å². The Morgan fingerprint density at radius 3 is 3.06 bits per heavy atom. The van der Waals surface area contributed by atoms with Gasteiger partial charge in [0.25, 0.3) is 0 Å². The van der Waals surface area contributed by atoms with Crippen LogP contribution in [-0.4, -0.2) is 16.8 Å². The average Bonchev–Trinajstić information content (AvgIpc) is 2.95. The third kappa shape index (κ3) is 1.88. The molecule has 3 atom stereocenters. The van der Waals surface area contributed by atoms with E-state index in [2.05, 4.69) is 27.4 Å². The first-order valence-corrected chi connectivity index (χ1v) is 6.52. The van der Waals surface area contributed by atoms with Crippen LogP contribution < -0.4 is 5.32 Å². The van der Waals surface area contributed by atoms with E-state index in [9.17, 15) is 0 Å². The summed E-state index contributed by atoms with van der Waals surface area (Å²) in [6.07, 6.45) is 8.05. The lowest BCUT2D eigenvalue weighted by atomic mass is 9.89. The van der Waals surface area contributed by atoms with Gasteiger partial charge in [0.2, 0.25) is 0 Å². The van der Waals surface area contributed by atoms with E-state index in [0.29, 0.717) is 0 Å². The van der Waals surface area contributed by atoms with Crippen LogP contribution in [-0.2, 0) is 13.1 Å². The highest BCUT2D eigenvalue weighted by Crippen LogP contribution is 2.48. The second-order valence-electron chi connectivity index (χ2n) is 5.49. The zero-order valence-electron chi connectivity index (χ0n) is 10.0. The first kappa shape index (κ1) is 10.3. The first-order chi connectivity index (χ1) is 7.85. The third-order valence-electron chi connectivity index (χ3n) is 4.36. The Bertz CT molecular complexity index is 358. The van der Waals surface area contributed by atoms with Gasteiger partial charge in [0.1, 0.15) is 0 Å². The summed E-state index contributed by atoms with van der Waals surface area (Å²) in [5.41, 5.74) is 1.16. The standard InChI is InChI=1S/C13H21N3/c1-14-8-13-4-5-16(15-13)9-12-7-10-2-3-11(12)6-10/h4-5,10-12,14H,2-3,6-9H2,1H3. The molecule has 0 saturated heterocycles. The molecule has 3 heteroatoms. The Kier molecular flexibility index (Phi) is 2.72. The van der Waals surface area contributed by atoms with Crippen molar-refractivity contribution in [2.75, 3.05) is 7.05 Å². The Morgan fingerprint density at radius 2 is 2.38 bits per heavy atom. The topological polar surface area (TPSA) is 29.9 Å². The lowest BCUT2D eigenvalue weighted by Gasteiger charge is -2.21. The van der Waals surface area contributed by atoms with E-state index in [1.165, 1.54) is 25.7 Å². The van der Waals surface area contributed by atoms with Crippen molar-refractivity contribution in [3.05, 3.63) is 18.0 Å². The quantitative estimate of drug-likeness (QED) is 0.840. The Labute approximate surface area is 97.2 Å². The summed E-state index contributed by atoms with van der Waals surface area (Å²) in [6.45, 7) is 2.02. The number of nitrogens with zero attached hydrogens (tertiary/aromatic N) is 2. The molecule has 0 aromatic carbocycles. The van der Waals surface area contributed by atoms with Crippen molar-refractivity contribution in [3.8, 4) is 0 Å². The van der Waals surface area contributed by atoms with Crippen LogP contribution in [0.4, 0.5) is 0 Å². The van der Waals surface area contributed by atoms with Crippen molar-refractivity contribution >= 4 is 0 Å².